The zero-order valence-electron chi connectivity index (χ0n) is 11.9. The number of halogens is 1. The summed E-state index contributed by atoms with van der Waals surface area (Å²) in [6, 6.07) is 4.88. The maximum absolute atomic E-state index is 12.9. The molecule has 21 heavy (non-hydrogen) atoms. The molecule has 0 bridgehead atoms. The van der Waals surface area contributed by atoms with Crippen molar-refractivity contribution in [2.75, 3.05) is 44.7 Å². The van der Waals surface area contributed by atoms with E-state index in [9.17, 15) is 17.0 Å². The monoisotopic (exact) mass is 334 g/mol. The van der Waals surface area contributed by atoms with Gasteiger partial charge < -0.3 is 0 Å². The van der Waals surface area contributed by atoms with Crippen LogP contribution in [0.1, 0.15) is 0 Å². The minimum Gasteiger partial charge on any atom is -0.300 e. The number of rotatable bonds is 5. The third-order valence-electron chi connectivity index (χ3n) is 3.48. The minimum absolute atomic E-state index is 0.118. The lowest BCUT2D eigenvalue weighted by Crippen LogP contribution is -2.49. The van der Waals surface area contributed by atoms with Crippen molar-refractivity contribution in [2.45, 2.75) is 4.90 Å². The van der Waals surface area contributed by atoms with Gasteiger partial charge in [0.1, 0.15) is 5.82 Å². The second-order valence-electron chi connectivity index (χ2n) is 4.98. The number of sulfonamides is 1. The second kappa shape index (κ2) is 6.95. The molecule has 2 rings (SSSR count). The van der Waals surface area contributed by atoms with Crippen molar-refractivity contribution in [3.63, 3.8) is 0 Å². The molecule has 1 fully saturated rings. The van der Waals surface area contributed by atoms with Gasteiger partial charge in [0, 0.05) is 55.5 Å². The Morgan fingerprint density at radius 3 is 2.24 bits per heavy atom. The second-order valence-corrected chi connectivity index (χ2v) is 8.47. The van der Waals surface area contributed by atoms with Gasteiger partial charge in [0.2, 0.25) is 10.0 Å². The molecule has 0 spiro atoms. The summed E-state index contributed by atoms with van der Waals surface area (Å²) < 4.78 is 50.2. The van der Waals surface area contributed by atoms with Gasteiger partial charge in [0.15, 0.2) is 0 Å². The van der Waals surface area contributed by atoms with Crippen molar-refractivity contribution in [1.82, 2.24) is 9.21 Å². The standard InChI is InChI=1S/C13H19FN2O3S2/c1-20(17)11-10-15-6-8-16(9-7-15)21(18,19)13-4-2-12(14)3-5-13/h2-5H,6-11H2,1H3/t20-/m0/s1. The lowest BCUT2D eigenvalue weighted by Gasteiger charge is -2.33. The Kier molecular flexibility index (Phi) is 5.48. The van der Waals surface area contributed by atoms with E-state index >= 15 is 0 Å². The molecule has 0 unspecified atom stereocenters. The Hall–Kier alpha value is -0.830. The van der Waals surface area contributed by atoms with Gasteiger partial charge in [-0.2, -0.15) is 4.31 Å². The quantitative estimate of drug-likeness (QED) is 0.787. The molecule has 8 heteroatoms. The molecule has 0 saturated carbocycles. The first kappa shape index (κ1) is 16.5. The minimum atomic E-state index is -3.55. The van der Waals surface area contributed by atoms with Crippen molar-refractivity contribution in [3.05, 3.63) is 30.1 Å². The van der Waals surface area contributed by atoms with Crippen LogP contribution in [0.4, 0.5) is 4.39 Å². The zero-order chi connectivity index (χ0) is 15.5. The van der Waals surface area contributed by atoms with Crippen LogP contribution in [-0.4, -0.2) is 66.6 Å². The van der Waals surface area contributed by atoms with Crippen molar-refractivity contribution >= 4 is 20.8 Å². The smallest absolute Gasteiger partial charge is 0.243 e. The first-order valence-electron chi connectivity index (χ1n) is 6.68. The maximum Gasteiger partial charge on any atom is 0.243 e. The molecule has 0 radical (unpaired) electrons. The highest BCUT2D eigenvalue weighted by Gasteiger charge is 2.28. The molecule has 1 saturated heterocycles. The van der Waals surface area contributed by atoms with Crippen molar-refractivity contribution in [1.29, 1.82) is 0 Å². The number of nitrogens with zero attached hydrogens (tertiary/aromatic N) is 2. The van der Waals surface area contributed by atoms with Crippen LogP contribution in [-0.2, 0) is 20.8 Å². The van der Waals surface area contributed by atoms with Crippen LogP contribution in [0.5, 0.6) is 0 Å². The molecule has 0 aliphatic carbocycles. The number of hydrogen-bond donors (Lipinski definition) is 0. The number of hydrogen-bond acceptors (Lipinski definition) is 4. The molecule has 118 valence electrons. The number of piperazine rings is 1. The van der Waals surface area contributed by atoms with Crippen LogP contribution < -0.4 is 0 Å². The van der Waals surface area contributed by atoms with Crippen molar-refractivity contribution < 1.29 is 17.0 Å². The molecule has 1 heterocycles. The van der Waals surface area contributed by atoms with Gasteiger partial charge in [-0.05, 0) is 24.3 Å². The van der Waals surface area contributed by atoms with E-state index in [0.717, 1.165) is 12.1 Å². The van der Waals surface area contributed by atoms with Crippen LogP contribution >= 0.6 is 0 Å². The third-order valence-corrected chi connectivity index (χ3v) is 6.15. The predicted octanol–water partition coefficient (Wildman–Crippen LogP) is 0.511. The van der Waals surface area contributed by atoms with Crippen LogP contribution in [0, 0.1) is 5.82 Å². The fraction of sp³-hybridized carbons (Fsp3) is 0.538. The molecule has 1 aromatic carbocycles. The summed E-state index contributed by atoms with van der Waals surface area (Å²) in [4.78, 5) is 2.23. The summed E-state index contributed by atoms with van der Waals surface area (Å²) in [5.41, 5.74) is 0. The van der Waals surface area contributed by atoms with Gasteiger partial charge >= 0.3 is 0 Å². The normalized spacial score (nSPS) is 19.5. The Bertz CT molecular complexity index is 596. The topological polar surface area (TPSA) is 57.7 Å². The van der Waals surface area contributed by atoms with Gasteiger partial charge in [0.05, 0.1) is 4.90 Å². The molecule has 1 atom stereocenters. The molecule has 0 N–H and O–H groups in total. The van der Waals surface area contributed by atoms with Gasteiger partial charge in [-0.25, -0.2) is 12.8 Å². The van der Waals surface area contributed by atoms with Gasteiger partial charge in [-0.15, -0.1) is 0 Å². The summed E-state index contributed by atoms with van der Waals surface area (Å²) in [6.45, 7) is 2.76. The summed E-state index contributed by atoms with van der Waals surface area (Å²) in [6.07, 6.45) is 1.66. The molecule has 0 amide bonds. The summed E-state index contributed by atoms with van der Waals surface area (Å²) in [5.74, 6) is 0.149. The summed E-state index contributed by atoms with van der Waals surface area (Å²) in [7, 11) is -4.39. The largest absolute Gasteiger partial charge is 0.300 e. The number of benzene rings is 1. The molecule has 1 aliphatic heterocycles. The Morgan fingerprint density at radius 2 is 1.71 bits per heavy atom. The van der Waals surface area contributed by atoms with Crippen molar-refractivity contribution in [3.8, 4) is 0 Å². The van der Waals surface area contributed by atoms with Gasteiger partial charge in [-0.1, -0.05) is 0 Å². The molecule has 5 nitrogen and oxygen atoms in total. The molecule has 1 aromatic rings. The Balaban J connectivity index is 1.97. The summed E-state index contributed by atoms with van der Waals surface area (Å²) >= 11 is 0. The van der Waals surface area contributed by atoms with Crippen molar-refractivity contribution in [2.24, 2.45) is 0 Å². The lowest BCUT2D eigenvalue weighted by atomic mass is 10.3. The molecule has 1 aliphatic rings. The SMILES string of the molecule is C[S@](=O)CCN1CCN(S(=O)(=O)c2ccc(F)cc2)CC1. The first-order chi connectivity index (χ1) is 9.89. The van der Waals surface area contributed by atoms with E-state index in [1.807, 2.05) is 0 Å². The lowest BCUT2D eigenvalue weighted by molar-refractivity contribution is 0.197. The van der Waals surface area contributed by atoms with Crippen LogP contribution in [0.2, 0.25) is 0 Å². The molecular weight excluding hydrogens is 315 g/mol. The van der Waals surface area contributed by atoms with Gasteiger partial charge in [0.25, 0.3) is 0 Å². The van der Waals surface area contributed by atoms with E-state index in [-0.39, 0.29) is 4.90 Å². The fourth-order valence-corrected chi connectivity index (χ4v) is 4.14. The van der Waals surface area contributed by atoms with E-state index in [2.05, 4.69) is 4.90 Å². The van der Waals surface area contributed by atoms with E-state index in [0.29, 0.717) is 38.5 Å². The highest BCUT2D eigenvalue weighted by Crippen LogP contribution is 2.17. The third kappa shape index (κ3) is 4.32. The van der Waals surface area contributed by atoms with E-state index in [4.69, 9.17) is 0 Å². The molecule has 0 aromatic heterocycles. The molecular formula is C13H19FN2O3S2. The van der Waals surface area contributed by atoms with Crippen LogP contribution in [0.15, 0.2) is 29.2 Å². The zero-order valence-corrected chi connectivity index (χ0v) is 13.5. The van der Waals surface area contributed by atoms with E-state index in [1.165, 1.54) is 16.4 Å². The highest BCUT2D eigenvalue weighted by atomic mass is 32.2. The average Bonchev–Trinajstić information content (AvgIpc) is 2.46. The first-order valence-corrected chi connectivity index (χ1v) is 9.84. The van der Waals surface area contributed by atoms with E-state index in [1.54, 1.807) is 6.26 Å². The maximum atomic E-state index is 12.9. The van der Waals surface area contributed by atoms with Crippen LogP contribution in [0.25, 0.3) is 0 Å². The van der Waals surface area contributed by atoms with Crippen LogP contribution in [0.3, 0.4) is 0 Å². The average molecular weight is 334 g/mol. The van der Waals surface area contributed by atoms with E-state index < -0.39 is 26.6 Å². The van der Waals surface area contributed by atoms with Gasteiger partial charge in [-0.3, -0.25) is 9.11 Å². The fourth-order valence-electron chi connectivity index (χ4n) is 2.21. The Morgan fingerprint density at radius 1 is 1.14 bits per heavy atom. The summed E-state index contributed by atoms with van der Waals surface area (Å²) in [5, 5.41) is 0. The highest BCUT2D eigenvalue weighted by molar-refractivity contribution is 7.89. The Labute approximate surface area is 127 Å². The predicted molar refractivity (Wildman–Crippen MR) is 80.5 cm³/mol.